The van der Waals surface area contributed by atoms with Crippen LogP contribution < -0.4 is 10.1 Å². The SMILES string of the molecule is CNc1nc(C(C)C)nc(OC(C)(C)C)c1C. The first-order valence-corrected chi connectivity index (χ1v) is 6.00. The molecule has 0 aliphatic rings. The van der Waals surface area contributed by atoms with Gasteiger partial charge in [0.25, 0.3) is 0 Å². The van der Waals surface area contributed by atoms with Gasteiger partial charge in [0.15, 0.2) is 0 Å². The Bertz CT molecular complexity index is 394. The Hall–Kier alpha value is -1.32. The molecule has 0 spiro atoms. The monoisotopic (exact) mass is 237 g/mol. The van der Waals surface area contributed by atoms with Crippen LogP contribution in [0.25, 0.3) is 0 Å². The predicted octanol–water partition coefficient (Wildman–Crippen LogP) is 3.13. The fraction of sp³-hybridized carbons (Fsp3) is 0.692. The minimum absolute atomic E-state index is 0.252. The number of hydrogen-bond donors (Lipinski definition) is 1. The van der Waals surface area contributed by atoms with Gasteiger partial charge in [0.05, 0.1) is 5.56 Å². The van der Waals surface area contributed by atoms with Gasteiger partial charge in [-0.05, 0) is 27.7 Å². The summed E-state index contributed by atoms with van der Waals surface area (Å²) in [5.41, 5.74) is 0.699. The van der Waals surface area contributed by atoms with Crippen LogP contribution in [0.2, 0.25) is 0 Å². The van der Waals surface area contributed by atoms with Gasteiger partial charge in [-0.1, -0.05) is 13.8 Å². The van der Waals surface area contributed by atoms with Crippen molar-refractivity contribution in [3.8, 4) is 5.88 Å². The van der Waals surface area contributed by atoms with Crippen molar-refractivity contribution in [1.82, 2.24) is 9.97 Å². The number of hydrogen-bond acceptors (Lipinski definition) is 4. The fourth-order valence-corrected chi connectivity index (χ4v) is 1.40. The molecule has 17 heavy (non-hydrogen) atoms. The zero-order valence-electron chi connectivity index (χ0n) is 11.9. The van der Waals surface area contributed by atoms with E-state index in [1.165, 1.54) is 0 Å². The van der Waals surface area contributed by atoms with E-state index in [2.05, 4.69) is 29.1 Å². The van der Waals surface area contributed by atoms with E-state index >= 15 is 0 Å². The highest BCUT2D eigenvalue weighted by molar-refractivity contribution is 5.48. The molecule has 0 saturated heterocycles. The second-order valence-electron chi connectivity index (χ2n) is 5.48. The summed E-state index contributed by atoms with van der Waals surface area (Å²) in [6, 6.07) is 0. The summed E-state index contributed by atoms with van der Waals surface area (Å²) in [6.45, 7) is 12.2. The van der Waals surface area contributed by atoms with E-state index in [4.69, 9.17) is 4.74 Å². The third-order valence-corrected chi connectivity index (χ3v) is 2.27. The fourth-order valence-electron chi connectivity index (χ4n) is 1.40. The van der Waals surface area contributed by atoms with Crippen LogP contribution in [0.3, 0.4) is 0 Å². The molecule has 1 heterocycles. The molecule has 1 N–H and O–H groups in total. The summed E-state index contributed by atoms with van der Waals surface area (Å²) >= 11 is 0. The second-order valence-corrected chi connectivity index (χ2v) is 5.48. The predicted molar refractivity (Wildman–Crippen MR) is 70.8 cm³/mol. The summed E-state index contributed by atoms with van der Waals surface area (Å²) in [6.07, 6.45) is 0. The lowest BCUT2D eigenvalue weighted by Gasteiger charge is -2.23. The quantitative estimate of drug-likeness (QED) is 0.877. The molecular formula is C13H23N3O. The molecule has 1 aromatic rings. The molecule has 0 atom stereocenters. The van der Waals surface area contributed by atoms with Crippen LogP contribution in [-0.4, -0.2) is 22.6 Å². The Balaban J connectivity index is 3.23. The molecule has 96 valence electrons. The van der Waals surface area contributed by atoms with E-state index in [0.29, 0.717) is 5.88 Å². The summed E-state index contributed by atoms with van der Waals surface area (Å²) in [5.74, 6) is 2.59. The van der Waals surface area contributed by atoms with Crippen molar-refractivity contribution in [1.29, 1.82) is 0 Å². The first-order chi connectivity index (χ1) is 7.74. The number of nitrogens with zero attached hydrogens (tertiary/aromatic N) is 2. The van der Waals surface area contributed by atoms with Crippen molar-refractivity contribution in [2.75, 3.05) is 12.4 Å². The molecule has 0 unspecified atom stereocenters. The van der Waals surface area contributed by atoms with Gasteiger partial charge in [0.2, 0.25) is 5.88 Å². The van der Waals surface area contributed by atoms with E-state index in [0.717, 1.165) is 17.2 Å². The molecule has 0 bridgehead atoms. The largest absolute Gasteiger partial charge is 0.472 e. The third-order valence-electron chi connectivity index (χ3n) is 2.27. The molecule has 0 fully saturated rings. The van der Waals surface area contributed by atoms with Crippen LogP contribution in [0.1, 0.15) is 51.9 Å². The van der Waals surface area contributed by atoms with Gasteiger partial charge in [-0.3, -0.25) is 0 Å². The third kappa shape index (κ3) is 3.58. The molecule has 4 nitrogen and oxygen atoms in total. The Morgan fingerprint density at radius 2 is 1.76 bits per heavy atom. The lowest BCUT2D eigenvalue weighted by atomic mass is 10.2. The summed E-state index contributed by atoms with van der Waals surface area (Å²) in [5, 5.41) is 3.09. The lowest BCUT2D eigenvalue weighted by molar-refractivity contribution is 0.122. The van der Waals surface area contributed by atoms with Crippen molar-refractivity contribution in [3.63, 3.8) is 0 Å². The van der Waals surface area contributed by atoms with Gasteiger partial charge < -0.3 is 10.1 Å². The van der Waals surface area contributed by atoms with Gasteiger partial charge in [0, 0.05) is 13.0 Å². The minimum atomic E-state index is -0.252. The molecule has 0 radical (unpaired) electrons. The standard InChI is InChI=1S/C13H23N3O/c1-8(2)10-15-11(14-7)9(3)12(16-10)17-13(4,5)6/h8H,1-7H3,(H,14,15,16). The molecule has 0 amide bonds. The van der Waals surface area contributed by atoms with Crippen molar-refractivity contribution in [2.24, 2.45) is 0 Å². The minimum Gasteiger partial charge on any atom is -0.472 e. The Labute approximate surface area is 104 Å². The molecule has 0 saturated carbocycles. The number of rotatable bonds is 3. The maximum atomic E-state index is 5.87. The van der Waals surface area contributed by atoms with Crippen LogP contribution in [0.5, 0.6) is 5.88 Å². The van der Waals surface area contributed by atoms with Crippen molar-refractivity contribution < 1.29 is 4.74 Å². The van der Waals surface area contributed by atoms with E-state index in [1.807, 2.05) is 34.7 Å². The van der Waals surface area contributed by atoms with Crippen LogP contribution in [-0.2, 0) is 0 Å². The molecular weight excluding hydrogens is 214 g/mol. The molecule has 1 aromatic heterocycles. The topological polar surface area (TPSA) is 47.0 Å². The zero-order valence-corrected chi connectivity index (χ0v) is 11.9. The smallest absolute Gasteiger partial charge is 0.222 e. The molecule has 4 heteroatoms. The molecule has 0 aromatic carbocycles. The summed E-state index contributed by atoms with van der Waals surface area (Å²) in [7, 11) is 1.86. The van der Waals surface area contributed by atoms with E-state index < -0.39 is 0 Å². The van der Waals surface area contributed by atoms with Crippen LogP contribution in [0, 0.1) is 6.92 Å². The Morgan fingerprint density at radius 1 is 1.18 bits per heavy atom. The highest BCUT2D eigenvalue weighted by Crippen LogP contribution is 2.27. The number of nitrogens with one attached hydrogen (secondary N) is 1. The van der Waals surface area contributed by atoms with E-state index in [1.54, 1.807) is 0 Å². The van der Waals surface area contributed by atoms with Crippen molar-refractivity contribution in [3.05, 3.63) is 11.4 Å². The maximum Gasteiger partial charge on any atom is 0.222 e. The Kier molecular flexibility index (Phi) is 3.96. The average Bonchev–Trinajstić information content (AvgIpc) is 2.18. The van der Waals surface area contributed by atoms with Gasteiger partial charge >= 0.3 is 0 Å². The van der Waals surface area contributed by atoms with Crippen LogP contribution >= 0.6 is 0 Å². The zero-order chi connectivity index (χ0) is 13.2. The van der Waals surface area contributed by atoms with E-state index in [9.17, 15) is 0 Å². The van der Waals surface area contributed by atoms with E-state index in [-0.39, 0.29) is 11.5 Å². The highest BCUT2D eigenvalue weighted by atomic mass is 16.5. The van der Waals surface area contributed by atoms with Gasteiger partial charge in [0.1, 0.15) is 17.2 Å². The number of anilines is 1. The van der Waals surface area contributed by atoms with Crippen LogP contribution in [0.15, 0.2) is 0 Å². The first kappa shape index (κ1) is 13.7. The molecule has 1 rings (SSSR count). The number of aromatic nitrogens is 2. The van der Waals surface area contributed by atoms with Crippen molar-refractivity contribution >= 4 is 5.82 Å². The Morgan fingerprint density at radius 3 is 2.18 bits per heavy atom. The normalized spacial score (nSPS) is 11.8. The van der Waals surface area contributed by atoms with Gasteiger partial charge in [-0.15, -0.1) is 0 Å². The summed E-state index contributed by atoms with van der Waals surface area (Å²) in [4.78, 5) is 8.97. The first-order valence-electron chi connectivity index (χ1n) is 6.00. The molecule has 0 aliphatic heterocycles. The molecule has 0 aliphatic carbocycles. The summed E-state index contributed by atoms with van der Waals surface area (Å²) < 4.78 is 5.87. The lowest BCUT2D eigenvalue weighted by Crippen LogP contribution is -2.25. The van der Waals surface area contributed by atoms with Gasteiger partial charge in [-0.25, -0.2) is 4.98 Å². The average molecular weight is 237 g/mol. The second kappa shape index (κ2) is 4.90. The number of ether oxygens (including phenoxy) is 1. The van der Waals surface area contributed by atoms with Crippen LogP contribution in [0.4, 0.5) is 5.82 Å². The van der Waals surface area contributed by atoms with Gasteiger partial charge in [-0.2, -0.15) is 4.98 Å². The maximum absolute atomic E-state index is 5.87. The highest BCUT2D eigenvalue weighted by Gasteiger charge is 2.18. The van der Waals surface area contributed by atoms with Crippen molar-refractivity contribution in [2.45, 2.75) is 53.1 Å².